The highest BCUT2D eigenvalue weighted by molar-refractivity contribution is 5.69. The van der Waals surface area contributed by atoms with Crippen molar-refractivity contribution in [3.05, 3.63) is 29.6 Å². The fourth-order valence-electron chi connectivity index (χ4n) is 3.72. The lowest BCUT2D eigenvalue weighted by molar-refractivity contribution is -0.140. The monoisotopic (exact) mass is 467 g/mol. The van der Waals surface area contributed by atoms with E-state index >= 15 is 0 Å². The molecule has 12 heteroatoms. The van der Waals surface area contributed by atoms with Gasteiger partial charge >= 0.3 is 17.9 Å². The van der Waals surface area contributed by atoms with E-state index in [0.29, 0.717) is 64.6 Å². The lowest BCUT2D eigenvalue weighted by Gasteiger charge is -2.33. The maximum Gasteiger partial charge on any atom is 0.317 e. The number of aromatic nitrogens is 1. The Morgan fingerprint density at radius 1 is 0.667 bits per heavy atom. The molecule has 1 aliphatic heterocycles. The van der Waals surface area contributed by atoms with Gasteiger partial charge in [-0.1, -0.05) is 6.07 Å². The predicted molar refractivity (Wildman–Crippen MR) is 118 cm³/mol. The molecule has 0 atom stereocenters. The summed E-state index contributed by atoms with van der Waals surface area (Å²) in [5.41, 5.74) is 1.32. The molecule has 0 bridgehead atoms. The summed E-state index contributed by atoms with van der Waals surface area (Å²) in [5, 5.41) is 37.1. The molecule has 1 fully saturated rings. The molecule has 0 radical (unpaired) electrons. The summed E-state index contributed by atoms with van der Waals surface area (Å²) in [6, 6.07) is 5.39. The first kappa shape index (κ1) is 26.6. The molecule has 0 amide bonds. The summed E-state index contributed by atoms with van der Waals surface area (Å²) >= 11 is 0. The average Bonchev–Trinajstić information content (AvgIpc) is 2.74. The normalized spacial score (nSPS) is 18.3. The number of rotatable bonds is 9. The first-order valence-corrected chi connectivity index (χ1v) is 10.9. The minimum Gasteiger partial charge on any atom is -0.480 e. The summed E-state index contributed by atoms with van der Waals surface area (Å²) in [6.45, 7) is 3.24. The third-order valence-corrected chi connectivity index (χ3v) is 5.42. The second kappa shape index (κ2) is 13.8. The van der Waals surface area contributed by atoms with Crippen LogP contribution in [-0.4, -0.2) is 135 Å². The zero-order valence-electron chi connectivity index (χ0n) is 18.7. The van der Waals surface area contributed by atoms with Crippen molar-refractivity contribution in [1.29, 1.82) is 0 Å². The Kier molecular flexibility index (Phi) is 11.1. The summed E-state index contributed by atoms with van der Waals surface area (Å²) in [4.78, 5) is 45.7. The van der Waals surface area contributed by atoms with Crippen molar-refractivity contribution in [3.63, 3.8) is 0 Å². The topological polar surface area (TPSA) is 158 Å². The summed E-state index contributed by atoms with van der Waals surface area (Å²) in [6.07, 6.45) is 0. The van der Waals surface area contributed by atoms with Crippen LogP contribution in [-0.2, 0) is 27.5 Å². The van der Waals surface area contributed by atoms with Crippen LogP contribution in [0.5, 0.6) is 0 Å². The van der Waals surface area contributed by atoms with E-state index < -0.39 is 17.9 Å². The van der Waals surface area contributed by atoms with Crippen LogP contribution in [0.25, 0.3) is 0 Å². The van der Waals surface area contributed by atoms with E-state index in [2.05, 4.69) is 9.88 Å². The SMILES string of the molecule is O=C(O)CN1CCN(CC(=O)O)CCN(Cc2cccc(CO)n2)CCN(CC(=O)O)CC1. The zero-order valence-corrected chi connectivity index (χ0v) is 18.7. The Bertz CT molecular complexity index is 762. The largest absolute Gasteiger partial charge is 0.480 e. The highest BCUT2D eigenvalue weighted by atomic mass is 16.4. The first-order valence-electron chi connectivity index (χ1n) is 10.9. The van der Waals surface area contributed by atoms with E-state index in [1.165, 1.54) is 0 Å². The maximum atomic E-state index is 11.3. The predicted octanol–water partition coefficient (Wildman–Crippen LogP) is -1.45. The Labute approximate surface area is 192 Å². The summed E-state index contributed by atoms with van der Waals surface area (Å²) < 4.78 is 0. The van der Waals surface area contributed by atoms with Crippen LogP contribution >= 0.6 is 0 Å². The lowest BCUT2D eigenvalue weighted by atomic mass is 10.2. The van der Waals surface area contributed by atoms with Gasteiger partial charge in [0.15, 0.2) is 0 Å². The van der Waals surface area contributed by atoms with E-state index in [-0.39, 0.29) is 26.2 Å². The molecule has 0 aromatic carbocycles. The molecule has 12 nitrogen and oxygen atoms in total. The number of hydrogen-bond acceptors (Lipinski definition) is 9. The van der Waals surface area contributed by atoms with Crippen molar-refractivity contribution in [1.82, 2.24) is 24.6 Å². The third kappa shape index (κ3) is 10.7. The van der Waals surface area contributed by atoms with Gasteiger partial charge in [0.2, 0.25) is 0 Å². The van der Waals surface area contributed by atoms with Gasteiger partial charge in [-0.25, -0.2) is 0 Å². The minimum absolute atomic E-state index is 0.155. The molecule has 184 valence electrons. The summed E-state index contributed by atoms with van der Waals surface area (Å²) in [7, 11) is 0. The number of carboxylic acid groups (broad SMARTS) is 3. The van der Waals surface area contributed by atoms with Crippen LogP contribution in [0.2, 0.25) is 0 Å². The van der Waals surface area contributed by atoms with Gasteiger partial charge in [-0.3, -0.25) is 39.0 Å². The molecule has 1 saturated heterocycles. The molecule has 0 spiro atoms. The number of carbonyl (C=O) groups is 3. The highest BCUT2D eigenvalue weighted by Crippen LogP contribution is 2.07. The van der Waals surface area contributed by atoms with Crippen molar-refractivity contribution in [2.45, 2.75) is 13.2 Å². The van der Waals surface area contributed by atoms with Crippen molar-refractivity contribution in [2.75, 3.05) is 72.0 Å². The summed E-state index contributed by atoms with van der Waals surface area (Å²) in [5.74, 6) is -2.90. The lowest BCUT2D eigenvalue weighted by Crippen LogP contribution is -2.48. The van der Waals surface area contributed by atoms with E-state index in [1.807, 2.05) is 12.1 Å². The van der Waals surface area contributed by atoms with Crippen molar-refractivity contribution in [3.8, 4) is 0 Å². The number of nitrogens with zero attached hydrogens (tertiary/aromatic N) is 5. The second-order valence-corrected chi connectivity index (χ2v) is 8.06. The molecule has 0 saturated carbocycles. The molecule has 33 heavy (non-hydrogen) atoms. The number of hydrogen-bond donors (Lipinski definition) is 4. The van der Waals surface area contributed by atoms with Gasteiger partial charge in [-0.2, -0.15) is 0 Å². The van der Waals surface area contributed by atoms with Crippen LogP contribution in [0.15, 0.2) is 18.2 Å². The van der Waals surface area contributed by atoms with Gasteiger partial charge in [-0.15, -0.1) is 0 Å². The molecular formula is C21H33N5O7. The van der Waals surface area contributed by atoms with E-state index in [0.717, 1.165) is 5.69 Å². The van der Waals surface area contributed by atoms with Gasteiger partial charge in [0.25, 0.3) is 0 Å². The number of aliphatic hydroxyl groups is 1. The van der Waals surface area contributed by atoms with E-state index in [1.54, 1.807) is 20.8 Å². The quantitative estimate of drug-likeness (QED) is 0.335. The van der Waals surface area contributed by atoms with Crippen molar-refractivity contribution in [2.24, 2.45) is 0 Å². The molecule has 0 unspecified atom stereocenters. The molecule has 2 heterocycles. The van der Waals surface area contributed by atoms with Gasteiger partial charge in [0.1, 0.15) is 0 Å². The number of aliphatic hydroxyl groups excluding tert-OH is 1. The van der Waals surface area contributed by atoms with Gasteiger partial charge in [-0.05, 0) is 12.1 Å². The molecule has 1 aromatic heterocycles. The van der Waals surface area contributed by atoms with Gasteiger partial charge in [0, 0.05) is 58.9 Å². The van der Waals surface area contributed by atoms with Crippen LogP contribution in [0, 0.1) is 0 Å². The van der Waals surface area contributed by atoms with Gasteiger partial charge < -0.3 is 20.4 Å². The highest BCUT2D eigenvalue weighted by Gasteiger charge is 2.20. The van der Waals surface area contributed by atoms with Crippen LogP contribution in [0.3, 0.4) is 0 Å². The molecule has 0 aliphatic carbocycles. The van der Waals surface area contributed by atoms with Gasteiger partial charge in [0.05, 0.1) is 37.6 Å². The Morgan fingerprint density at radius 3 is 1.39 bits per heavy atom. The Hall–Kier alpha value is -2.64. The Balaban J connectivity index is 2.17. The van der Waals surface area contributed by atoms with Crippen LogP contribution in [0.4, 0.5) is 0 Å². The molecular weight excluding hydrogens is 434 g/mol. The minimum atomic E-state index is -0.986. The van der Waals surface area contributed by atoms with Crippen LogP contribution < -0.4 is 0 Å². The van der Waals surface area contributed by atoms with Crippen molar-refractivity contribution < 1.29 is 34.8 Å². The average molecular weight is 468 g/mol. The van der Waals surface area contributed by atoms with E-state index in [9.17, 15) is 34.8 Å². The van der Waals surface area contributed by atoms with E-state index in [4.69, 9.17) is 0 Å². The fourth-order valence-corrected chi connectivity index (χ4v) is 3.72. The standard InChI is InChI=1S/C21H33N5O7/c27-16-18-3-1-2-17(22-18)12-23-4-6-24(13-19(28)29)8-10-26(15-21(32)33)11-9-25(7-5-23)14-20(30)31/h1-3,27H,4-16H2,(H,28,29)(H,30,31)(H,32,33). The second-order valence-electron chi connectivity index (χ2n) is 8.06. The third-order valence-electron chi connectivity index (χ3n) is 5.42. The zero-order chi connectivity index (χ0) is 24.2. The Morgan fingerprint density at radius 2 is 1.03 bits per heavy atom. The molecule has 2 rings (SSSR count). The van der Waals surface area contributed by atoms with Crippen molar-refractivity contribution >= 4 is 17.9 Å². The molecule has 4 N–H and O–H groups in total. The number of carboxylic acids is 3. The first-order chi connectivity index (χ1) is 15.7. The smallest absolute Gasteiger partial charge is 0.317 e. The van der Waals surface area contributed by atoms with Crippen LogP contribution in [0.1, 0.15) is 11.4 Å². The number of aliphatic carboxylic acids is 3. The number of pyridine rings is 1. The molecule has 1 aromatic rings. The maximum absolute atomic E-state index is 11.3. The molecule has 1 aliphatic rings. The fraction of sp³-hybridized carbons (Fsp3) is 0.619.